The lowest BCUT2D eigenvalue weighted by molar-refractivity contribution is -0.142. The van der Waals surface area contributed by atoms with Crippen LogP contribution in [0, 0.1) is 16.7 Å². The van der Waals surface area contributed by atoms with Gasteiger partial charge in [-0.3, -0.25) is 4.79 Å². The van der Waals surface area contributed by atoms with E-state index in [4.69, 9.17) is 10.00 Å². The van der Waals surface area contributed by atoms with Gasteiger partial charge in [0.2, 0.25) is 0 Å². The van der Waals surface area contributed by atoms with Crippen LogP contribution in [0.3, 0.4) is 0 Å². The van der Waals surface area contributed by atoms with Crippen molar-refractivity contribution in [2.45, 2.75) is 32.7 Å². The number of halogens is 3. The van der Waals surface area contributed by atoms with E-state index in [-0.39, 0.29) is 18.8 Å². The highest BCUT2D eigenvalue weighted by Crippen LogP contribution is 2.42. The molecule has 0 aromatic heterocycles. The summed E-state index contributed by atoms with van der Waals surface area (Å²) in [5, 5.41) is 18.4. The molecule has 2 aromatic carbocycles. The van der Waals surface area contributed by atoms with Crippen LogP contribution in [0.1, 0.15) is 30.5 Å². The Morgan fingerprint density at radius 1 is 1.24 bits per heavy atom. The maximum atomic E-state index is 13.5. The van der Waals surface area contributed by atoms with E-state index in [1.54, 1.807) is 26.0 Å². The van der Waals surface area contributed by atoms with E-state index in [0.29, 0.717) is 0 Å². The molecule has 0 spiro atoms. The van der Waals surface area contributed by atoms with Gasteiger partial charge in [-0.1, -0.05) is 32.0 Å². The highest BCUT2D eigenvalue weighted by atomic mass is 19.4. The number of hydrogen-bond acceptors (Lipinski definition) is 4. The van der Waals surface area contributed by atoms with E-state index in [2.05, 4.69) is 0 Å². The molecular weight excluding hydrogens is 385 g/mol. The summed E-state index contributed by atoms with van der Waals surface area (Å²) in [6.07, 6.45) is -5.92. The number of alkyl halides is 3. The van der Waals surface area contributed by atoms with Crippen LogP contribution in [-0.2, 0) is 17.5 Å². The average molecular weight is 404 g/mol. The number of hydrogen-bond donors (Lipinski definition) is 1. The van der Waals surface area contributed by atoms with Crippen molar-refractivity contribution in [3.05, 3.63) is 59.2 Å². The van der Waals surface area contributed by atoms with Crippen LogP contribution >= 0.6 is 0 Å². The fourth-order valence-electron chi connectivity index (χ4n) is 3.46. The Morgan fingerprint density at radius 3 is 2.48 bits per heavy atom. The first kappa shape index (κ1) is 20.5. The number of benzene rings is 2. The SMILES string of the molecule is CC1(C)CN(Cc2ccc(O)cc2)C(=O)C1Oc1cccc(C#N)c1C(F)(F)F. The van der Waals surface area contributed by atoms with Gasteiger partial charge in [-0.2, -0.15) is 18.4 Å². The number of carbonyl (C=O) groups excluding carboxylic acids is 1. The minimum absolute atomic E-state index is 0.0973. The Hall–Kier alpha value is -3.21. The fourth-order valence-corrected chi connectivity index (χ4v) is 3.46. The Kier molecular flexibility index (Phi) is 5.18. The summed E-state index contributed by atoms with van der Waals surface area (Å²) < 4.78 is 46.1. The highest BCUT2D eigenvalue weighted by molar-refractivity contribution is 5.84. The van der Waals surface area contributed by atoms with Gasteiger partial charge in [0.15, 0.2) is 6.10 Å². The van der Waals surface area contributed by atoms with Crippen LogP contribution in [0.2, 0.25) is 0 Å². The predicted octanol–water partition coefficient (Wildman–Crippen LogP) is 4.10. The van der Waals surface area contributed by atoms with Crippen LogP contribution in [0.25, 0.3) is 0 Å². The molecule has 1 heterocycles. The van der Waals surface area contributed by atoms with Gasteiger partial charge in [-0.05, 0) is 29.8 Å². The van der Waals surface area contributed by atoms with Gasteiger partial charge in [0.1, 0.15) is 17.1 Å². The van der Waals surface area contributed by atoms with E-state index in [0.717, 1.165) is 17.7 Å². The number of nitrogens with zero attached hydrogens (tertiary/aromatic N) is 2. The summed E-state index contributed by atoms with van der Waals surface area (Å²) >= 11 is 0. The zero-order valence-electron chi connectivity index (χ0n) is 15.8. The van der Waals surface area contributed by atoms with E-state index < -0.39 is 40.5 Å². The molecule has 8 heteroatoms. The van der Waals surface area contributed by atoms with Crippen molar-refractivity contribution in [1.82, 2.24) is 4.90 Å². The van der Waals surface area contributed by atoms with Crippen molar-refractivity contribution >= 4 is 5.91 Å². The largest absolute Gasteiger partial charge is 0.508 e. The molecule has 0 aliphatic carbocycles. The molecule has 5 nitrogen and oxygen atoms in total. The van der Waals surface area contributed by atoms with Crippen molar-refractivity contribution in [2.24, 2.45) is 5.41 Å². The number of phenolic OH excluding ortho intramolecular Hbond substituents is 1. The summed E-state index contributed by atoms with van der Waals surface area (Å²) in [6.45, 7) is 4.02. The fraction of sp³-hybridized carbons (Fsp3) is 0.333. The Morgan fingerprint density at radius 2 is 1.90 bits per heavy atom. The molecule has 29 heavy (non-hydrogen) atoms. The quantitative estimate of drug-likeness (QED) is 0.833. The first-order valence-corrected chi connectivity index (χ1v) is 8.86. The Bertz CT molecular complexity index is 963. The molecule has 1 amide bonds. The topological polar surface area (TPSA) is 73.6 Å². The van der Waals surface area contributed by atoms with Crippen molar-refractivity contribution in [3.63, 3.8) is 0 Å². The minimum Gasteiger partial charge on any atom is -0.508 e. The van der Waals surface area contributed by atoms with Crippen molar-refractivity contribution < 1.29 is 27.8 Å². The maximum Gasteiger partial charge on any atom is 0.421 e. The van der Waals surface area contributed by atoms with E-state index >= 15 is 0 Å². The molecule has 1 saturated heterocycles. The third-order valence-electron chi connectivity index (χ3n) is 4.83. The van der Waals surface area contributed by atoms with Crippen LogP contribution < -0.4 is 4.74 Å². The molecule has 3 rings (SSSR count). The first-order chi connectivity index (χ1) is 13.5. The second kappa shape index (κ2) is 7.32. The van der Waals surface area contributed by atoms with Gasteiger partial charge in [0, 0.05) is 18.5 Å². The molecule has 1 N–H and O–H groups in total. The van der Waals surface area contributed by atoms with Gasteiger partial charge in [-0.25, -0.2) is 0 Å². The molecule has 1 atom stereocenters. The van der Waals surface area contributed by atoms with Crippen LogP contribution in [0.5, 0.6) is 11.5 Å². The summed E-state index contributed by atoms with van der Waals surface area (Å²) in [5.41, 5.74) is -1.71. The normalized spacial score (nSPS) is 18.6. The number of carbonyl (C=O) groups is 1. The zero-order chi connectivity index (χ0) is 21.4. The lowest BCUT2D eigenvalue weighted by Crippen LogP contribution is -2.37. The van der Waals surface area contributed by atoms with E-state index in [9.17, 15) is 23.1 Å². The number of rotatable bonds is 4. The van der Waals surface area contributed by atoms with Crippen molar-refractivity contribution in [2.75, 3.05) is 6.54 Å². The number of nitriles is 1. The lowest BCUT2D eigenvalue weighted by Gasteiger charge is -2.26. The van der Waals surface area contributed by atoms with Crippen LogP contribution in [0.4, 0.5) is 13.2 Å². The molecule has 0 saturated carbocycles. The predicted molar refractivity (Wildman–Crippen MR) is 97.9 cm³/mol. The van der Waals surface area contributed by atoms with Gasteiger partial charge in [0.05, 0.1) is 11.6 Å². The molecule has 0 radical (unpaired) electrons. The second-order valence-corrected chi connectivity index (χ2v) is 7.64. The van der Waals surface area contributed by atoms with Gasteiger partial charge in [-0.15, -0.1) is 0 Å². The summed E-state index contributed by atoms with van der Waals surface area (Å²) in [4.78, 5) is 14.4. The summed E-state index contributed by atoms with van der Waals surface area (Å²) in [7, 11) is 0. The molecule has 1 aliphatic rings. The first-order valence-electron chi connectivity index (χ1n) is 8.86. The summed E-state index contributed by atoms with van der Waals surface area (Å²) in [6, 6.07) is 11.3. The minimum atomic E-state index is -4.79. The molecular formula is C21H19F3N2O3. The van der Waals surface area contributed by atoms with Gasteiger partial charge >= 0.3 is 6.18 Å². The molecule has 1 aliphatic heterocycles. The third kappa shape index (κ3) is 4.14. The molecule has 1 fully saturated rings. The van der Waals surface area contributed by atoms with E-state index in [1.165, 1.54) is 29.2 Å². The average Bonchev–Trinajstić information content (AvgIpc) is 2.85. The lowest BCUT2D eigenvalue weighted by atomic mass is 9.89. The number of amides is 1. The monoisotopic (exact) mass is 404 g/mol. The second-order valence-electron chi connectivity index (χ2n) is 7.64. The smallest absolute Gasteiger partial charge is 0.421 e. The number of likely N-dealkylation sites (tertiary alicyclic amines) is 1. The summed E-state index contributed by atoms with van der Waals surface area (Å²) in [5.74, 6) is -0.867. The van der Waals surface area contributed by atoms with Crippen LogP contribution in [0.15, 0.2) is 42.5 Å². The third-order valence-corrected chi connectivity index (χ3v) is 4.83. The highest BCUT2D eigenvalue weighted by Gasteiger charge is 2.49. The van der Waals surface area contributed by atoms with Gasteiger partial charge < -0.3 is 14.7 Å². The number of aromatic hydroxyl groups is 1. The maximum absolute atomic E-state index is 13.5. The molecule has 152 valence electrons. The van der Waals surface area contributed by atoms with Crippen LogP contribution in [-0.4, -0.2) is 28.6 Å². The van der Waals surface area contributed by atoms with Crippen molar-refractivity contribution in [1.29, 1.82) is 5.26 Å². The zero-order valence-corrected chi connectivity index (χ0v) is 15.8. The number of ether oxygens (including phenoxy) is 1. The van der Waals surface area contributed by atoms with Crippen molar-refractivity contribution in [3.8, 4) is 17.6 Å². The molecule has 2 aromatic rings. The molecule has 1 unspecified atom stereocenters. The Balaban J connectivity index is 1.89. The Labute approximate surface area is 165 Å². The molecule has 0 bridgehead atoms. The number of phenols is 1. The standard InChI is InChI=1S/C21H19F3N2O3/c1-20(2)12-26(11-13-6-8-15(27)9-7-13)19(28)18(20)29-16-5-3-4-14(10-25)17(16)21(22,23)24/h3-9,18,27H,11-12H2,1-2H3. The van der Waals surface area contributed by atoms with Gasteiger partial charge in [0.25, 0.3) is 5.91 Å². The van der Waals surface area contributed by atoms with E-state index in [1.807, 2.05) is 0 Å².